The number of amides is 2. The second-order valence-corrected chi connectivity index (χ2v) is 7.07. The first kappa shape index (κ1) is 22.5. The van der Waals surface area contributed by atoms with Crippen molar-refractivity contribution in [1.82, 2.24) is 20.0 Å². The summed E-state index contributed by atoms with van der Waals surface area (Å²) in [6, 6.07) is 14.0. The van der Waals surface area contributed by atoms with Gasteiger partial charge in [0.15, 0.2) is 11.9 Å². The number of aromatic nitrogens is 2. The Morgan fingerprint density at radius 3 is 2.59 bits per heavy atom. The molecule has 1 heterocycles. The van der Waals surface area contributed by atoms with Gasteiger partial charge in [0, 0.05) is 13.1 Å². The third-order valence-electron chi connectivity index (χ3n) is 4.97. The van der Waals surface area contributed by atoms with E-state index >= 15 is 0 Å². The number of carbonyl (C=O) groups is 2. The molecule has 1 atom stereocenters. The lowest BCUT2D eigenvalue weighted by Gasteiger charge is -2.21. The van der Waals surface area contributed by atoms with E-state index in [0.29, 0.717) is 0 Å². The summed E-state index contributed by atoms with van der Waals surface area (Å²) in [6.07, 6.45) is 1.65. The highest BCUT2D eigenvalue weighted by atomic mass is 19.1. The van der Waals surface area contributed by atoms with Crippen molar-refractivity contribution in [2.45, 2.75) is 19.4 Å². The fourth-order valence-corrected chi connectivity index (χ4v) is 3.23. The molecule has 0 aliphatic heterocycles. The normalized spacial score (nSPS) is 11.3. The summed E-state index contributed by atoms with van der Waals surface area (Å²) >= 11 is 0. The third-order valence-corrected chi connectivity index (χ3v) is 4.97. The number of aryl methyl sites for hydroxylation is 1. The zero-order valence-corrected chi connectivity index (χ0v) is 17.9. The highest BCUT2D eigenvalue weighted by molar-refractivity contribution is 5.93. The Labute approximate surface area is 184 Å². The van der Waals surface area contributed by atoms with E-state index in [-0.39, 0.29) is 23.7 Å². The van der Waals surface area contributed by atoms with Gasteiger partial charge in [0.1, 0.15) is 11.5 Å². The topological polar surface area (TPSA) is 100 Å². The van der Waals surface area contributed by atoms with Gasteiger partial charge in [0.25, 0.3) is 5.91 Å². The molecule has 0 spiro atoms. The van der Waals surface area contributed by atoms with Crippen LogP contribution in [0.25, 0.3) is 5.69 Å². The monoisotopic (exact) mass is 435 g/mol. The summed E-state index contributed by atoms with van der Waals surface area (Å²) in [4.78, 5) is 26.3. The lowest BCUT2D eigenvalue weighted by Crippen LogP contribution is -2.34. The predicted molar refractivity (Wildman–Crippen MR) is 114 cm³/mol. The maximum Gasteiger partial charge on any atom is 0.272 e. The van der Waals surface area contributed by atoms with Gasteiger partial charge in [-0.05, 0) is 30.2 Å². The van der Waals surface area contributed by atoms with Crippen molar-refractivity contribution in [3.8, 4) is 17.8 Å². The van der Waals surface area contributed by atoms with Gasteiger partial charge in [-0.25, -0.2) is 4.39 Å². The molecule has 0 fully saturated rings. The Hall–Kier alpha value is -4.19. The first-order chi connectivity index (χ1) is 15.3. The molecule has 164 valence electrons. The number of nitrogens with one attached hydrogen (secondary N) is 1. The second-order valence-electron chi connectivity index (χ2n) is 7.07. The number of methoxy groups -OCH3 is 1. The Balaban J connectivity index is 1.93. The van der Waals surface area contributed by atoms with Crippen LogP contribution in [0.5, 0.6) is 5.88 Å². The van der Waals surface area contributed by atoms with Gasteiger partial charge in [0.2, 0.25) is 11.8 Å². The maximum absolute atomic E-state index is 14.2. The number of ether oxygens (including phenoxy) is 1. The first-order valence-corrected chi connectivity index (χ1v) is 9.77. The molecule has 0 saturated heterocycles. The van der Waals surface area contributed by atoms with Crippen LogP contribution >= 0.6 is 0 Å². The fourth-order valence-electron chi connectivity index (χ4n) is 3.23. The maximum atomic E-state index is 14.2. The molecule has 0 aliphatic rings. The van der Waals surface area contributed by atoms with E-state index in [2.05, 4.69) is 10.4 Å². The molecule has 3 aromatic rings. The molecule has 32 heavy (non-hydrogen) atoms. The number of halogens is 1. The van der Waals surface area contributed by atoms with E-state index in [1.165, 1.54) is 37.0 Å². The number of benzene rings is 2. The molecular weight excluding hydrogens is 413 g/mol. The van der Waals surface area contributed by atoms with Crippen molar-refractivity contribution >= 4 is 11.8 Å². The molecule has 9 heteroatoms. The number of nitrogens with zero attached hydrogens (tertiary/aromatic N) is 4. The number of carbonyl (C=O) groups excluding carboxylic acids is 2. The summed E-state index contributed by atoms with van der Waals surface area (Å²) in [7, 11) is 2.75. The highest BCUT2D eigenvalue weighted by Crippen LogP contribution is 2.24. The van der Waals surface area contributed by atoms with Gasteiger partial charge in [-0.1, -0.05) is 36.4 Å². The van der Waals surface area contributed by atoms with E-state index < -0.39 is 23.7 Å². The molecule has 2 aromatic carbocycles. The zero-order chi connectivity index (χ0) is 23.3. The van der Waals surface area contributed by atoms with E-state index in [0.717, 1.165) is 16.0 Å². The van der Waals surface area contributed by atoms with Gasteiger partial charge in [-0.3, -0.25) is 14.5 Å². The van der Waals surface area contributed by atoms with Crippen LogP contribution < -0.4 is 10.1 Å². The van der Waals surface area contributed by atoms with Gasteiger partial charge >= 0.3 is 0 Å². The SMILES string of the molecule is COc1cc(C(=O)N[C@@H](CC(=O)N(C)C#N)c2ccccc2C)nn1-c1ccccc1F. The minimum absolute atomic E-state index is 0.00947. The van der Waals surface area contributed by atoms with Crippen molar-refractivity contribution in [3.63, 3.8) is 0 Å². The van der Waals surface area contributed by atoms with Crippen LogP contribution in [0.2, 0.25) is 0 Å². The number of rotatable bonds is 7. The van der Waals surface area contributed by atoms with Gasteiger partial charge < -0.3 is 10.1 Å². The first-order valence-electron chi connectivity index (χ1n) is 9.77. The molecule has 0 unspecified atom stereocenters. The van der Waals surface area contributed by atoms with E-state index in [1.807, 2.05) is 19.1 Å². The Kier molecular flexibility index (Phi) is 6.85. The van der Waals surface area contributed by atoms with Crippen LogP contribution in [0.4, 0.5) is 4.39 Å². The van der Waals surface area contributed by atoms with E-state index in [4.69, 9.17) is 10.00 Å². The van der Waals surface area contributed by atoms with Crippen molar-refractivity contribution < 1.29 is 18.7 Å². The quantitative estimate of drug-likeness (QED) is 0.454. The molecule has 2 amide bonds. The molecule has 0 bridgehead atoms. The molecule has 0 aliphatic carbocycles. The lowest BCUT2D eigenvalue weighted by atomic mass is 9.98. The number of nitriles is 1. The standard InChI is InChI=1S/C23H22FN5O3/c1-15-8-4-5-9-16(15)18(12-21(30)28(2)14-25)26-23(31)19-13-22(32-3)29(27-19)20-11-7-6-10-17(20)24/h4-11,13,18H,12H2,1-3H3,(H,26,31)/t18-/m0/s1. The largest absolute Gasteiger partial charge is 0.481 e. The van der Waals surface area contributed by atoms with Crippen LogP contribution in [0.3, 0.4) is 0 Å². The second kappa shape index (κ2) is 9.75. The van der Waals surface area contributed by atoms with Crippen molar-refractivity contribution in [2.75, 3.05) is 14.2 Å². The molecule has 0 radical (unpaired) electrons. The average Bonchev–Trinajstić information content (AvgIpc) is 3.23. The van der Waals surface area contributed by atoms with Crippen LogP contribution in [-0.4, -0.2) is 40.7 Å². The fraction of sp³-hybridized carbons (Fsp3) is 0.217. The van der Waals surface area contributed by atoms with Crippen LogP contribution in [-0.2, 0) is 4.79 Å². The summed E-state index contributed by atoms with van der Waals surface area (Å²) in [5.41, 5.74) is 1.73. The molecule has 1 aromatic heterocycles. The molecule has 3 rings (SSSR count). The van der Waals surface area contributed by atoms with E-state index in [9.17, 15) is 14.0 Å². The summed E-state index contributed by atoms with van der Waals surface area (Å²) in [5.74, 6) is -1.37. The minimum Gasteiger partial charge on any atom is -0.481 e. The van der Waals surface area contributed by atoms with Crippen LogP contribution in [0.15, 0.2) is 54.6 Å². The zero-order valence-electron chi connectivity index (χ0n) is 17.9. The molecule has 1 N–H and O–H groups in total. The van der Waals surface area contributed by atoms with Crippen molar-refractivity contribution in [1.29, 1.82) is 5.26 Å². The molecular formula is C23H22FN5O3. The lowest BCUT2D eigenvalue weighted by molar-refractivity contribution is -0.127. The van der Waals surface area contributed by atoms with Crippen LogP contribution in [0.1, 0.15) is 34.1 Å². The predicted octanol–water partition coefficient (Wildman–Crippen LogP) is 3.13. The van der Waals surface area contributed by atoms with Crippen LogP contribution in [0, 0.1) is 24.2 Å². The number of hydrogen-bond acceptors (Lipinski definition) is 5. The summed E-state index contributed by atoms with van der Waals surface area (Å²) < 4.78 is 20.7. The average molecular weight is 435 g/mol. The van der Waals surface area contributed by atoms with Gasteiger partial charge in [-0.15, -0.1) is 0 Å². The summed E-state index contributed by atoms with van der Waals surface area (Å²) in [6.45, 7) is 1.86. The molecule has 8 nitrogen and oxygen atoms in total. The van der Waals surface area contributed by atoms with E-state index in [1.54, 1.807) is 30.5 Å². The van der Waals surface area contributed by atoms with Crippen molar-refractivity contribution in [2.24, 2.45) is 0 Å². The van der Waals surface area contributed by atoms with Crippen molar-refractivity contribution in [3.05, 3.63) is 77.2 Å². The Bertz CT molecular complexity index is 1180. The summed E-state index contributed by atoms with van der Waals surface area (Å²) in [5, 5.41) is 16.0. The highest BCUT2D eigenvalue weighted by Gasteiger charge is 2.25. The Morgan fingerprint density at radius 1 is 1.25 bits per heavy atom. The van der Waals surface area contributed by atoms with Gasteiger partial charge in [0.05, 0.1) is 19.6 Å². The molecule has 0 saturated carbocycles. The Morgan fingerprint density at radius 2 is 1.94 bits per heavy atom. The minimum atomic E-state index is -0.698. The number of para-hydroxylation sites is 1. The van der Waals surface area contributed by atoms with Gasteiger partial charge in [-0.2, -0.15) is 15.0 Å². The third kappa shape index (κ3) is 4.75. The number of hydrogen-bond donors (Lipinski definition) is 1. The smallest absolute Gasteiger partial charge is 0.272 e.